The number of nitrogens with zero attached hydrogens (tertiary/aromatic N) is 4. The second kappa shape index (κ2) is 4.48. The van der Waals surface area contributed by atoms with Gasteiger partial charge in [-0.05, 0) is 24.7 Å². The van der Waals surface area contributed by atoms with Crippen molar-refractivity contribution in [3.05, 3.63) is 11.5 Å². The molecule has 1 fully saturated rings. The van der Waals surface area contributed by atoms with Crippen molar-refractivity contribution in [3.63, 3.8) is 0 Å². The van der Waals surface area contributed by atoms with Crippen molar-refractivity contribution in [2.45, 2.75) is 60.5 Å². The molecule has 0 atom stereocenters. The molecule has 0 unspecified atom stereocenters. The summed E-state index contributed by atoms with van der Waals surface area (Å²) in [5, 5.41) is 4.64. The van der Waals surface area contributed by atoms with Gasteiger partial charge >= 0.3 is 0 Å². The van der Waals surface area contributed by atoms with E-state index in [9.17, 15) is 0 Å². The molecule has 0 aliphatic heterocycles. The molecule has 5 heteroatoms. The lowest BCUT2D eigenvalue weighted by Crippen LogP contribution is -2.11. The van der Waals surface area contributed by atoms with Gasteiger partial charge in [-0.15, -0.1) is 11.6 Å². The van der Waals surface area contributed by atoms with Crippen LogP contribution in [0.5, 0.6) is 0 Å². The van der Waals surface area contributed by atoms with Crippen LogP contribution in [0.4, 0.5) is 0 Å². The third-order valence-corrected chi connectivity index (χ3v) is 5.83. The smallest absolute Gasteiger partial charge is 0.159 e. The molecule has 0 bridgehead atoms. The van der Waals surface area contributed by atoms with Crippen molar-refractivity contribution in [1.82, 2.24) is 19.3 Å². The predicted octanol–water partition coefficient (Wildman–Crippen LogP) is 3.95. The van der Waals surface area contributed by atoms with Crippen LogP contribution in [0.1, 0.15) is 52.2 Å². The molecule has 0 aromatic carbocycles. The first-order chi connectivity index (χ1) is 9.77. The normalized spacial score (nSPS) is 20.3. The first-order valence-corrected chi connectivity index (χ1v) is 8.31. The second-order valence-electron chi connectivity index (χ2n) is 7.26. The van der Waals surface area contributed by atoms with Crippen molar-refractivity contribution in [2.75, 3.05) is 5.88 Å². The Labute approximate surface area is 131 Å². The van der Waals surface area contributed by atoms with Gasteiger partial charge in [0.1, 0.15) is 11.3 Å². The number of aromatic nitrogens is 4. The summed E-state index contributed by atoms with van der Waals surface area (Å²) in [5.74, 6) is 1.71. The molecule has 3 rings (SSSR count). The van der Waals surface area contributed by atoms with E-state index >= 15 is 0 Å². The van der Waals surface area contributed by atoms with E-state index < -0.39 is 0 Å². The molecule has 2 aromatic rings. The van der Waals surface area contributed by atoms with E-state index in [0.29, 0.717) is 11.9 Å². The molecule has 0 N–H and O–H groups in total. The van der Waals surface area contributed by atoms with Gasteiger partial charge in [0, 0.05) is 24.9 Å². The number of fused-ring (bicyclic) bond motifs is 1. The predicted molar refractivity (Wildman–Crippen MR) is 87.0 cm³/mol. The van der Waals surface area contributed by atoms with Gasteiger partial charge in [-0.1, -0.05) is 27.7 Å². The Bertz CT molecular complexity index is 679. The molecule has 0 spiro atoms. The largest absolute Gasteiger partial charge is 0.309 e. The fraction of sp³-hybridized carbons (Fsp3) is 0.750. The third-order valence-electron chi connectivity index (χ3n) is 5.64. The molecule has 0 amide bonds. The van der Waals surface area contributed by atoms with Gasteiger partial charge in [-0.3, -0.25) is 0 Å². The molecule has 1 aliphatic carbocycles. The fourth-order valence-electron chi connectivity index (χ4n) is 3.79. The molecule has 116 valence electrons. The summed E-state index contributed by atoms with van der Waals surface area (Å²) < 4.78 is 4.50. The van der Waals surface area contributed by atoms with Crippen LogP contribution >= 0.6 is 11.6 Å². The highest BCUT2D eigenvalue weighted by Crippen LogP contribution is 2.72. The summed E-state index contributed by atoms with van der Waals surface area (Å²) in [7, 11) is 0. The Hall–Kier alpha value is -1.03. The Balaban J connectivity index is 2.27. The van der Waals surface area contributed by atoms with Crippen LogP contribution in [0, 0.1) is 17.8 Å². The number of alkyl halides is 1. The second-order valence-corrected chi connectivity index (χ2v) is 7.63. The highest BCUT2D eigenvalue weighted by molar-refractivity contribution is 6.17. The summed E-state index contributed by atoms with van der Waals surface area (Å²) in [5.41, 5.74) is 3.74. The van der Waals surface area contributed by atoms with Gasteiger partial charge in [-0.2, -0.15) is 5.10 Å². The minimum Gasteiger partial charge on any atom is -0.309 e. The highest BCUT2D eigenvalue weighted by Gasteiger charge is 2.66. The van der Waals surface area contributed by atoms with E-state index in [1.807, 2.05) is 6.92 Å². The van der Waals surface area contributed by atoms with Crippen molar-refractivity contribution < 1.29 is 0 Å². The van der Waals surface area contributed by atoms with E-state index in [-0.39, 0.29) is 10.8 Å². The Kier molecular flexibility index (Phi) is 3.18. The molecular formula is C16H25ClN4. The molecule has 1 aliphatic rings. The maximum atomic E-state index is 6.01. The zero-order valence-electron chi connectivity index (χ0n) is 13.9. The van der Waals surface area contributed by atoms with E-state index in [1.165, 1.54) is 5.65 Å². The quantitative estimate of drug-likeness (QED) is 0.802. The van der Waals surface area contributed by atoms with Crippen LogP contribution in [-0.4, -0.2) is 25.2 Å². The van der Waals surface area contributed by atoms with Gasteiger partial charge in [0.15, 0.2) is 5.65 Å². The molecule has 0 radical (unpaired) electrons. The van der Waals surface area contributed by atoms with E-state index in [2.05, 4.69) is 49.0 Å². The standard InChI is InChI=1S/C16H25ClN4/c1-7-20-13-12(10(2)19-20)18-11(8-9-17)21(13)14-15(3,4)16(14,5)6/h14H,7-9H2,1-6H3. The summed E-state index contributed by atoms with van der Waals surface area (Å²) in [6, 6.07) is 0.453. The van der Waals surface area contributed by atoms with E-state index in [4.69, 9.17) is 16.6 Å². The number of hydrogen-bond donors (Lipinski definition) is 0. The summed E-state index contributed by atoms with van der Waals surface area (Å²) in [6.45, 7) is 14.4. The fourth-order valence-corrected chi connectivity index (χ4v) is 3.96. The Morgan fingerprint density at radius 1 is 1.19 bits per heavy atom. The molecule has 1 saturated carbocycles. The number of imidazole rings is 1. The zero-order chi connectivity index (χ0) is 15.6. The number of rotatable bonds is 4. The molecular weight excluding hydrogens is 284 g/mol. The van der Waals surface area contributed by atoms with Crippen molar-refractivity contribution in [3.8, 4) is 0 Å². The van der Waals surface area contributed by atoms with Crippen LogP contribution in [0.2, 0.25) is 0 Å². The minimum atomic E-state index is 0.262. The Morgan fingerprint density at radius 2 is 1.81 bits per heavy atom. The first-order valence-electron chi connectivity index (χ1n) is 7.77. The van der Waals surface area contributed by atoms with Gasteiger partial charge in [0.2, 0.25) is 0 Å². The lowest BCUT2D eigenvalue weighted by molar-refractivity contribution is 0.457. The van der Waals surface area contributed by atoms with Crippen molar-refractivity contribution >= 4 is 22.8 Å². The minimum absolute atomic E-state index is 0.262. The lowest BCUT2D eigenvalue weighted by atomic mass is 10.0. The SMILES string of the molecule is CCn1nc(C)c2nc(CCCl)n(C3C(C)(C)C3(C)C)c21. The average Bonchev–Trinajstić information content (AvgIpc) is 2.75. The Morgan fingerprint density at radius 3 is 2.29 bits per heavy atom. The van der Waals surface area contributed by atoms with Gasteiger partial charge in [-0.25, -0.2) is 9.67 Å². The number of halogens is 1. The lowest BCUT2D eigenvalue weighted by Gasteiger charge is -2.12. The van der Waals surface area contributed by atoms with Crippen molar-refractivity contribution in [1.29, 1.82) is 0 Å². The first kappa shape index (κ1) is 14.9. The summed E-state index contributed by atoms with van der Waals surface area (Å²) >= 11 is 6.01. The van der Waals surface area contributed by atoms with Crippen LogP contribution < -0.4 is 0 Å². The molecule has 2 heterocycles. The molecule has 2 aromatic heterocycles. The molecule has 0 saturated heterocycles. The van der Waals surface area contributed by atoms with Crippen LogP contribution in [-0.2, 0) is 13.0 Å². The summed E-state index contributed by atoms with van der Waals surface area (Å²) in [6.07, 6.45) is 0.808. The van der Waals surface area contributed by atoms with Gasteiger partial charge in [0.05, 0.1) is 5.69 Å². The number of aryl methyl sites for hydroxylation is 3. The maximum absolute atomic E-state index is 6.01. The molecule has 21 heavy (non-hydrogen) atoms. The van der Waals surface area contributed by atoms with Crippen LogP contribution in [0.25, 0.3) is 11.2 Å². The van der Waals surface area contributed by atoms with Crippen LogP contribution in [0.3, 0.4) is 0 Å². The third kappa shape index (κ3) is 1.81. The maximum Gasteiger partial charge on any atom is 0.159 e. The van der Waals surface area contributed by atoms with Crippen molar-refractivity contribution in [2.24, 2.45) is 10.8 Å². The zero-order valence-corrected chi connectivity index (χ0v) is 14.6. The summed E-state index contributed by atoms with van der Waals surface area (Å²) in [4.78, 5) is 4.86. The van der Waals surface area contributed by atoms with Gasteiger partial charge in [0.25, 0.3) is 0 Å². The van der Waals surface area contributed by atoms with Gasteiger partial charge < -0.3 is 4.57 Å². The highest BCUT2D eigenvalue weighted by atomic mass is 35.5. The topological polar surface area (TPSA) is 35.6 Å². The van der Waals surface area contributed by atoms with Crippen LogP contribution in [0.15, 0.2) is 0 Å². The number of hydrogen-bond acceptors (Lipinski definition) is 2. The van der Waals surface area contributed by atoms with E-state index in [0.717, 1.165) is 30.0 Å². The average molecular weight is 309 g/mol. The molecule has 4 nitrogen and oxygen atoms in total. The van der Waals surface area contributed by atoms with E-state index in [1.54, 1.807) is 0 Å². The monoisotopic (exact) mass is 308 g/mol.